The van der Waals surface area contributed by atoms with E-state index in [4.69, 9.17) is 4.74 Å². The largest absolute Gasteiger partial charge is 0.497 e. The molecule has 0 aliphatic heterocycles. The lowest BCUT2D eigenvalue weighted by atomic mass is 10.0. The quantitative estimate of drug-likeness (QED) is 0.767. The Morgan fingerprint density at radius 1 is 1.21 bits per heavy atom. The first-order valence-corrected chi connectivity index (χ1v) is 4.69. The van der Waals surface area contributed by atoms with E-state index in [1.165, 1.54) is 0 Å². The van der Waals surface area contributed by atoms with Crippen molar-refractivity contribution < 1.29 is 14.9 Å². The molecule has 0 aromatic heterocycles. The minimum atomic E-state index is -0.814. The zero-order valence-electron chi connectivity index (χ0n) is 8.47. The summed E-state index contributed by atoms with van der Waals surface area (Å²) in [6.45, 7) is 1.83. The molecule has 14 heavy (non-hydrogen) atoms. The van der Waals surface area contributed by atoms with Crippen molar-refractivity contribution >= 4 is 0 Å². The lowest BCUT2D eigenvalue weighted by molar-refractivity contribution is 0.0164. The summed E-state index contributed by atoms with van der Waals surface area (Å²) < 4.78 is 4.99. The zero-order valence-corrected chi connectivity index (χ0v) is 8.47. The Hall–Kier alpha value is -1.06. The molecule has 0 saturated heterocycles. The first-order chi connectivity index (χ1) is 6.69. The third kappa shape index (κ3) is 2.47. The molecule has 1 aromatic carbocycles. The van der Waals surface area contributed by atoms with E-state index in [1.807, 2.05) is 6.92 Å². The smallest absolute Gasteiger partial charge is 0.118 e. The van der Waals surface area contributed by atoms with Crippen LogP contribution in [0, 0.1) is 0 Å². The second kappa shape index (κ2) is 4.98. The SMILES string of the molecule is CC[C@@H](O)[C@H](O)c1ccc(OC)cc1. The zero-order chi connectivity index (χ0) is 10.6. The van der Waals surface area contributed by atoms with Gasteiger partial charge in [0.25, 0.3) is 0 Å². The van der Waals surface area contributed by atoms with E-state index >= 15 is 0 Å². The average molecular weight is 196 g/mol. The fourth-order valence-corrected chi connectivity index (χ4v) is 1.25. The van der Waals surface area contributed by atoms with Crippen LogP contribution in [0.4, 0.5) is 0 Å². The van der Waals surface area contributed by atoms with Crippen LogP contribution in [-0.2, 0) is 0 Å². The number of benzene rings is 1. The second-order valence-corrected chi connectivity index (χ2v) is 3.19. The summed E-state index contributed by atoms with van der Waals surface area (Å²) in [7, 11) is 1.59. The summed E-state index contributed by atoms with van der Waals surface area (Å²) in [6, 6.07) is 7.03. The number of aliphatic hydroxyl groups excluding tert-OH is 2. The van der Waals surface area contributed by atoms with E-state index in [2.05, 4.69) is 0 Å². The van der Waals surface area contributed by atoms with E-state index in [0.717, 1.165) is 5.75 Å². The summed E-state index contributed by atoms with van der Waals surface area (Å²) >= 11 is 0. The highest BCUT2D eigenvalue weighted by atomic mass is 16.5. The van der Waals surface area contributed by atoms with E-state index in [1.54, 1.807) is 31.4 Å². The van der Waals surface area contributed by atoms with Gasteiger partial charge in [0.2, 0.25) is 0 Å². The number of methoxy groups -OCH3 is 1. The number of hydrogen-bond acceptors (Lipinski definition) is 3. The lowest BCUT2D eigenvalue weighted by Crippen LogP contribution is -2.16. The molecule has 0 bridgehead atoms. The maximum atomic E-state index is 9.66. The Labute approximate surface area is 84.0 Å². The normalized spacial score (nSPS) is 14.9. The monoisotopic (exact) mass is 196 g/mol. The molecule has 0 aliphatic carbocycles. The minimum Gasteiger partial charge on any atom is -0.497 e. The predicted octanol–water partition coefficient (Wildman–Crippen LogP) is 1.50. The highest BCUT2D eigenvalue weighted by Crippen LogP contribution is 2.21. The summed E-state index contributed by atoms with van der Waals surface area (Å²) in [5.74, 6) is 0.743. The van der Waals surface area contributed by atoms with Gasteiger partial charge in [0.15, 0.2) is 0 Å². The van der Waals surface area contributed by atoms with Crippen LogP contribution in [0.2, 0.25) is 0 Å². The van der Waals surface area contributed by atoms with Crippen molar-refractivity contribution in [3.8, 4) is 5.75 Å². The van der Waals surface area contributed by atoms with Crippen LogP contribution in [0.15, 0.2) is 24.3 Å². The predicted molar refractivity (Wildman–Crippen MR) is 54.3 cm³/mol. The number of ether oxygens (including phenoxy) is 1. The molecular formula is C11H16O3. The van der Waals surface area contributed by atoms with E-state index in [9.17, 15) is 10.2 Å². The molecule has 0 heterocycles. The van der Waals surface area contributed by atoms with Gasteiger partial charge < -0.3 is 14.9 Å². The molecular weight excluding hydrogens is 180 g/mol. The molecule has 3 heteroatoms. The standard InChI is InChI=1S/C11H16O3/c1-3-10(12)11(13)8-4-6-9(14-2)7-5-8/h4-7,10-13H,3H2,1-2H3/t10-,11-/m1/s1. The van der Waals surface area contributed by atoms with Crippen LogP contribution in [-0.4, -0.2) is 23.4 Å². The average Bonchev–Trinajstić information content (AvgIpc) is 2.27. The van der Waals surface area contributed by atoms with Gasteiger partial charge in [0, 0.05) is 0 Å². The Bertz CT molecular complexity index is 268. The minimum absolute atomic E-state index is 0.535. The molecule has 0 spiro atoms. The van der Waals surface area contributed by atoms with Crippen LogP contribution in [0.1, 0.15) is 25.0 Å². The molecule has 78 valence electrons. The van der Waals surface area contributed by atoms with Gasteiger partial charge in [-0.2, -0.15) is 0 Å². The van der Waals surface area contributed by atoms with Gasteiger partial charge in [0.05, 0.1) is 13.2 Å². The van der Waals surface area contributed by atoms with Gasteiger partial charge >= 0.3 is 0 Å². The molecule has 1 aromatic rings. The Morgan fingerprint density at radius 2 is 1.79 bits per heavy atom. The fraction of sp³-hybridized carbons (Fsp3) is 0.455. The number of aliphatic hydroxyl groups is 2. The second-order valence-electron chi connectivity index (χ2n) is 3.19. The van der Waals surface area contributed by atoms with Crippen molar-refractivity contribution in [3.63, 3.8) is 0 Å². The van der Waals surface area contributed by atoms with Crippen LogP contribution < -0.4 is 4.74 Å². The first-order valence-electron chi connectivity index (χ1n) is 4.69. The molecule has 3 nitrogen and oxygen atoms in total. The summed E-state index contributed by atoms with van der Waals surface area (Å²) in [4.78, 5) is 0. The lowest BCUT2D eigenvalue weighted by Gasteiger charge is -2.16. The third-order valence-corrected chi connectivity index (χ3v) is 2.24. The number of rotatable bonds is 4. The van der Waals surface area contributed by atoms with Crippen molar-refractivity contribution in [1.29, 1.82) is 0 Å². The van der Waals surface area contributed by atoms with E-state index in [0.29, 0.717) is 12.0 Å². The molecule has 0 fully saturated rings. The van der Waals surface area contributed by atoms with Gasteiger partial charge in [-0.15, -0.1) is 0 Å². The van der Waals surface area contributed by atoms with Gasteiger partial charge in [-0.05, 0) is 24.1 Å². The summed E-state index contributed by atoms with van der Waals surface area (Å²) in [5.41, 5.74) is 0.708. The highest BCUT2D eigenvalue weighted by Gasteiger charge is 2.15. The Balaban J connectivity index is 2.75. The van der Waals surface area contributed by atoms with Gasteiger partial charge in [-0.3, -0.25) is 0 Å². The van der Waals surface area contributed by atoms with E-state index in [-0.39, 0.29) is 0 Å². The third-order valence-electron chi connectivity index (χ3n) is 2.24. The van der Waals surface area contributed by atoms with Crippen molar-refractivity contribution in [2.75, 3.05) is 7.11 Å². The van der Waals surface area contributed by atoms with Crippen molar-refractivity contribution in [2.24, 2.45) is 0 Å². The Kier molecular flexibility index (Phi) is 3.92. The van der Waals surface area contributed by atoms with Gasteiger partial charge in [-0.1, -0.05) is 19.1 Å². The molecule has 0 saturated carbocycles. The van der Waals surface area contributed by atoms with Crippen molar-refractivity contribution in [3.05, 3.63) is 29.8 Å². The van der Waals surface area contributed by atoms with Gasteiger partial charge in [0.1, 0.15) is 11.9 Å². The number of hydrogen-bond donors (Lipinski definition) is 2. The van der Waals surface area contributed by atoms with Crippen LogP contribution in [0.5, 0.6) is 5.75 Å². The van der Waals surface area contributed by atoms with E-state index < -0.39 is 12.2 Å². The summed E-state index contributed by atoms with van der Waals surface area (Å²) in [6.07, 6.45) is -0.984. The van der Waals surface area contributed by atoms with Crippen molar-refractivity contribution in [2.45, 2.75) is 25.6 Å². The van der Waals surface area contributed by atoms with Crippen LogP contribution >= 0.6 is 0 Å². The molecule has 2 atom stereocenters. The molecule has 0 aliphatic rings. The van der Waals surface area contributed by atoms with Crippen LogP contribution in [0.25, 0.3) is 0 Å². The fourth-order valence-electron chi connectivity index (χ4n) is 1.25. The molecule has 2 N–H and O–H groups in total. The highest BCUT2D eigenvalue weighted by molar-refractivity contribution is 5.28. The maximum absolute atomic E-state index is 9.66. The first kappa shape index (κ1) is 11.0. The topological polar surface area (TPSA) is 49.7 Å². The molecule has 0 unspecified atom stereocenters. The summed E-state index contributed by atoms with van der Waals surface area (Å²) in [5, 5.41) is 19.1. The maximum Gasteiger partial charge on any atom is 0.118 e. The van der Waals surface area contributed by atoms with Crippen molar-refractivity contribution in [1.82, 2.24) is 0 Å². The van der Waals surface area contributed by atoms with Crippen LogP contribution in [0.3, 0.4) is 0 Å². The molecule has 0 amide bonds. The molecule has 1 rings (SSSR count). The van der Waals surface area contributed by atoms with Gasteiger partial charge in [-0.25, -0.2) is 0 Å². The molecule has 0 radical (unpaired) electrons. The Morgan fingerprint density at radius 3 is 2.21 bits per heavy atom.